The van der Waals surface area contributed by atoms with Gasteiger partial charge in [0, 0.05) is 11.9 Å². The van der Waals surface area contributed by atoms with Crippen molar-refractivity contribution < 1.29 is 32.3 Å². The standard InChI is InChI=1S/C34H48N4O7S/c1-5-6-7-8-9-10-18-26(35-32(42)45-33(2,3)4)30(40)38-23-14-19-27(38)29(39)36-34(21-22-34)31(41)37-46(43,44)28-20-13-16-24-15-11-12-17-25(24)28/h11-13,15-17,20,26-27H,5-10,14,18-19,21-23H2,1-4H3,(H,35,42)(H,36,39)(H,37,41)/t26-,27-/m0/s1. The molecular formula is C34H48N4O7S. The third-order valence-electron chi connectivity index (χ3n) is 8.49. The van der Waals surface area contributed by atoms with Crippen molar-refractivity contribution in [2.45, 2.75) is 126 Å². The molecule has 0 bridgehead atoms. The lowest BCUT2D eigenvalue weighted by Gasteiger charge is -2.30. The summed E-state index contributed by atoms with van der Waals surface area (Å²) in [5.41, 5.74) is -2.12. The van der Waals surface area contributed by atoms with Crippen LogP contribution in [0.1, 0.15) is 98.3 Å². The van der Waals surface area contributed by atoms with E-state index in [9.17, 15) is 27.6 Å². The number of unbranched alkanes of at least 4 members (excludes halogenated alkanes) is 5. The highest BCUT2D eigenvalue weighted by Gasteiger charge is 2.54. The topological polar surface area (TPSA) is 151 Å². The Labute approximate surface area is 272 Å². The third-order valence-corrected chi connectivity index (χ3v) is 9.88. The van der Waals surface area contributed by atoms with Crippen LogP contribution in [0, 0.1) is 0 Å². The van der Waals surface area contributed by atoms with Gasteiger partial charge in [0.2, 0.25) is 11.8 Å². The van der Waals surface area contributed by atoms with Crippen LogP contribution in [0.2, 0.25) is 0 Å². The van der Waals surface area contributed by atoms with Crippen LogP contribution in [0.3, 0.4) is 0 Å². The highest BCUT2D eigenvalue weighted by atomic mass is 32.2. The molecule has 11 nitrogen and oxygen atoms in total. The predicted octanol–water partition coefficient (Wildman–Crippen LogP) is 4.93. The van der Waals surface area contributed by atoms with E-state index in [2.05, 4.69) is 22.3 Å². The molecule has 1 aliphatic carbocycles. The molecule has 1 heterocycles. The first-order valence-electron chi connectivity index (χ1n) is 16.4. The SMILES string of the molecule is CCCCCCCC[C@H](NC(=O)OC(C)(C)C)C(=O)N1CCC[C@H]1C(=O)NC1(C(=O)NS(=O)(=O)c2cccc3ccccc23)CC1. The van der Waals surface area contributed by atoms with E-state index >= 15 is 0 Å². The number of ether oxygens (including phenoxy) is 1. The van der Waals surface area contributed by atoms with E-state index in [-0.39, 0.29) is 23.6 Å². The van der Waals surface area contributed by atoms with Gasteiger partial charge in [-0.05, 0) is 64.3 Å². The predicted molar refractivity (Wildman–Crippen MR) is 175 cm³/mol. The molecule has 2 atom stereocenters. The van der Waals surface area contributed by atoms with Gasteiger partial charge in [-0.3, -0.25) is 14.4 Å². The lowest BCUT2D eigenvalue weighted by Crippen LogP contribution is -2.57. The molecule has 0 radical (unpaired) electrons. The van der Waals surface area contributed by atoms with Crippen molar-refractivity contribution in [2.75, 3.05) is 6.54 Å². The Bertz CT molecular complexity index is 1530. The summed E-state index contributed by atoms with van der Waals surface area (Å²) in [7, 11) is -4.23. The number of carbonyl (C=O) groups is 4. The van der Waals surface area contributed by atoms with Crippen LogP contribution in [0.15, 0.2) is 47.4 Å². The van der Waals surface area contributed by atoms with Crippen LogP contribution < -0.4 is 15.4 Å². The number of amides is 4. The lowest BCUT2D eigenvalue weighted by atomic mass is 10.0. The molecule has 1 aliphatic heterocycles. The van der Waals surface area contributed by atoms with Gasteiger partial charge in [-0.25, -0.2) is 17.9 Å². The van der Waals surface area contributed by atoms with Crippen molar-refractivity contribution in [1.29, 1.82) is 0 Å². The number of sulfonamides is 1. The number of alkyl carbamates (subject to hydrolysis) is 1. The van der Waals surface area contributed by atoms with Crippen LogP contribution >= 0.6 is 0 Å². The number of rotatable bonds is 14. The Morgan fingerprint density at radius 1 is 0.978 bits per heavy atom. The van der Waals surface area contributed by atoms with Crippen molar-refractivity contribution in [3.05, 3.63) is 42.5 Å². The number of hydrogen-bond acceptors (Lipinski definition) is 7. The molecule has 3 N–H and O–H groups in total. The Kier molecular flexibility index (Phi) is 11.3. The monoisotopic (exact) mass is 656 g/mol. The fourth-order valence-electron chi connectivity index (χ4n) is 5.90. The molecule has 252 valence electrons. The van der Waals surface area contributed by atoms with Crippen LogP contribution in [0.25, 0.3) is 10.8 Å². The zero-order chi connectivity index (χ0) is 33.5. The van der Waals surface area contributed by atoms with E-state index in [0.717, 1.165) is 38.5 Å². The van der Waals surface area contributed by atoms with Crippen LogP contribution in [0.5, 0.6) is 0 Å². The van der Waals surface area contributed by atoms with E-state index in [1.54, 1.807) is 57.2 Å². The van der Waals surface area contributed by atoms with E-state index in [4.69, 9.17) is 4.74 Å². The van der Waals surface area contributed by atoms with Crippen molar-refractivity contribution >= 4 is 44.6 Å². The number of fused-ring (bicyclic) bond motifs is 1. The summed E-state index contributed by atoms with van der Waals surface area (Å²) in [5.74, 6) is -1.70. The average Bonchev–Trinajstić information content (AvgIpc) is 3.60. The quantitative estimate of drug-likeness (QED) is 0.244. The minimum atomic E-state index is -4.23. The van der Waals surface area contributed by atoms with Gasteiger partial charge in [-0.2, -0.15) is 0 Å². The fourth-order valence-corrected chi connectivity index (χ4v) is 7.18. The second-order valence-electron chi connectivity index (χ2n) is 13.4. The minimum Gasteiger partial charge on any atom is -0.444 e. The minimum absolute atomic E-state index is 0.0254. The van der Waals surface area contributed by atoms with Gasteiger partial charge in [0.05, 0.1) is 4.90 Å². The van der Waals surface area contributed by atoms with Crippen molar-refractivity contribution in [3.63, 3.8) is 0 Å². The highest BCUT2D eigenvalue weighted by Crippen LogP contribution is 2.37. The zero-order valence-corrected chi connectivity index (χ0v) is 28.2. The van der Waals surface area contributed by atoms with E-state index in [1.807, 2.05) is 0 Å². The molecule has 12 heteroatoms. The molecule has 4 amide bonds. The van der Waals surface area contributed by atoms with Crippen molar-refractivity contribution in [2.24, 2.45) is 0 Å². The van der Waals surface area contributed by atoms with Crippen LogP contribution in [-0.2, 0) is 29.1 Å². The van der Waals surface area contributed by atoms with Gasteiger partial charge in [-0.15, -0.1) is 0 Å². The maximum absolute atomic E-state index is 13.8. The molecule has 1 saturated heterocycles. The summed E-state index contributed by atoms with van der Waals surface area (Å²) in [6.45, 7) is 7.71. The zero-order valence-electron chi connectivity index (χ0n) is 27.4. The number of carbonyl (C=O) groups excluding carboxylic acids is 4. The summed E-state index contributed by atoms with van der Waals surface area (Å²) in [6, 6.07) is 10.1. The van der Waals surface area contributed by atoms with Crippen LogP contribution in [-0.4, -0.2) is 66.9 Å². The summed E-state index contributed by atoms with van der Waals surface area (Å²) in [6.07, 6.45) is 7.31. The third kappa shape index (κ3) is 8.98. The highest BCUT2D eigenvalue weighted by molar-refractivity contribution is 7.90. The van der Waals surface area contributed by atoms with Gasteiger partial charge in [0.1, 0.15) is 23.2 Å². The second kappa shape index (κ2) is 14.8. The van der Waals surface area contributed by atoms with Crippen molar-refractivity contribution in [1.82, 2.24) is 20.3 Å². The molecule has 2 fully saturated rings. The molecule has 2 aliphatic rings. The van der Waals surface area contributed by atoms with Gasteiger partial charge >= 0.3 is 6.09 Å². The maximum Gasteiger partial charge on any atom is 0.408 e. The largest absolute Gasteiger partial charge is 0.444 e. The molecule has 4 rings (SSSR count). The summed E-state index contributed by atoms with van der Waals surface area (Å²) in [5, 5.41) is 6.69. The first-order chi connectivity index (χ1) is 21.8. The smallest absolute Gasteiger partial charge is 0.408 e. The van der Waals surface area contributed by atoms with Crippen molar-refractivity contribution in [3.8, 4) is 0 Å². The number of benzene rings is 2. The molecule has 2 aromatic carbocycles. The average molecular weight is 657 g/mol. The Hall–Kier alpha value is -3.67. The van der Waals surface area contributed by atoms with Gasteiger partial charge in [0.25, 0.3) is 15.9 Å². The van der Waals surface area contributed by atoms with Gasteiger partial charge in [-0.1, -0.05) is 81.8 Å². The molecule has 1 saturated carbocycles. The normalized spacial score (nSPS) is 18.1. The Morgan fingerprint density at radius 2 is 1.65 bits per heavy atom. The van der Waals surface area contributed by atoms with E-state index in [0.29, 0.717) is 36.6 Å². The molecule has 0 aromatic heterocycles. The summed E-state index contributed by atoms with van der Waals surface area (Å²) < 4.78 is 34.2. The second-order valence-corrected chi connectivity index (χ2v) is 15.1. The Balaban J connectivity index is 1.42. The Morgan fingerprint density at radius 3 is 2.35 bits per heavy atom. The molecule has 46 heavy (non-hydrogen) atoms. The van der Waals surface area contributed by atoms with E-state index < -0.39 is 51.2 Å². The lowest BCUT2D eigenvalue weighted by molar-refractivity contribution is -0.141. The van der Waals surface area contributed by atoms with Crippen LogP contribution in [0.4, 0.5) is 4.79 Å². The first-order valence-corrected chi connectivity index (χ1v) is 17.9. The molecular weight excluding hydrogens is 608 g/mol. The molecule has 0 unspecified atom stereocenters. The maximum atomic E-state index is 13.8. The number of hydrogen-bond donors (Lipinski definition) is 3. The number of nitrogens with zero attached hydrogens (tertiary/aromatic N) is 1. The summed E-state index contributed by atoms with van der Waals surface area (Å²) in [4.78, 5) is 54.8. The van der Waals surface area contributed by atoms with E-state index in [1.165, 1.54) is 11.0 Å². The molecule has 2 aromatic rings. The molecule has 0 spiro atoms. The first kappa shape index (κ1) is 35.2. The number of likely N-dealkylation sites (tertiary alicyclic amines) is 1. The van der Waals surface area contributed by atoms with Gasteiger partial charge < -0.3 is 20.3 Å². The summed E-state index contributed by atoms with van der Waals surface area (Å²) >= 11 is 0. The fraction of sp³-hybridized carbons (Fsp3) is 0.588. The number of nitrogens with one attached hydrogen (secondary N) is 3. The van der Waals surface area contributed by atoms with Gasteiger partial charge in [0.15, 0.2) is 0 Å².